The third-order valence-corrected chi connectivity index (χ3v) is 5.38. The molecule has 1 N–H and O–H groups in total. The summed E-state index contributed by atoms with van der Waals surface area (Å²) in [7, 11) is 0. The lowest BCUT2D eigenvalue weighted by molar-refractivity contribution is -0.146. The zero-order chi connectivity index (χ0) is 22.6. The van der Waals surface area contributed by atoms with E-state index in [1.54, 1.807) is 0 Å². The summed E-state index contributed by atoms with van der Waals surface area (Å²) in [6.07, 6.45) is 14.2. The van der Waals surface area contributed by atoms with E-state index in [0.717, 1.165) is 31.2 Å². The molecule has 1 aromatic rings. The molecule has 1 atom stereocenters. The Morgan fingerprint density at radius 1 is 0.774 bits per heavy atom. The lowest BCUT2D eigenvalue weighted by atomic mass is 10.1. The fourth-order valence-electron chi connectivity index (χ4n) is 3.43. The molecule has 0 aliphatic carbocycles. The van der Waals surface area contributed by atoms with E-state index in [1.807, 2.05) is 30.3 Å². The Balaban J connectivity index is 2.18. The van der Waals surface area contributed by atoms with Crippen molar-refractivity contribution < 1.29 is 19.1 Å². The van der Waals surface area contributed by atoms with E-state index in [4.69, 9.17) is 9.47 Å². The van der Waals surface area contributed by atoms with Gasteiger partial charge in [0.1, 0.15) is 12.6 Å². The smallest absolute Gasteiger partial charge is 0.408 e. The highest BCUT2D eigenvalue weighted by Crippen LogP contribution is 2.11. The van der Waals surface area contributed by atoms with Crippen molar-refractivity contribution in [2.24, 2.45) is 0 Å². The molecule has 0 aliphatic rings. The molecule has 1 amide bonds. The van der Waals surface area contributed by atoms with Crippen LogP contribution in [0.15, 0.2) is 30.3 Å². The number of ether oxygens (including phenoxy) is 2. The van der Waals surface area contributed by atoms with Gasteiger partial charge in [-0.15, -0.1) is 0 Å². The maximum atomic E-state index is 12.4. The van der Waals surface area contributed by atoms with Crippen LogP contribution < -0.4 is 5.32 Å². The average Bonchev–Trinajstić information content (AvgIpc) is 2.79. The molecule has 0 fully saturated rings. The van der Waals surface area contributed by atoms with Crippen molar-refractivity contribution in [1.82, 2.24) is 5.32 Å². The van der Waals surface area contributed by atoms with Crippen LogP contribution in [0.25, 0.3) is 0 Å². The van der Waals surface area contributed by atoms with E-state index in [0.29, 0.717) is 13.0 Å². The zero-order valence-electron chi connectivity index (χ0n) is 19.7. The maximum absolute atomic E-state index is 12.4. The summed E-state index contributed by atoms with van der Waals surface area (Å²) in [5.41, 5.74) is 0.909. The second-order valence-corrected chi connectivity index (χ2v) is 8.25. The third kappa shape index (κ3) is 14.6. The molecule has 1 aromatic carbocycles. The molecule has 176 valence electrons. The van der Waals surface area contributed by atoms with E-state index >= 15 is 0 Å². The van der Waals surface area contributed by atoms with E-state index in [1.165, 1.54) is 51.4 Å². The molecule has 0 bridgehead atoms. The van der Waals surface area contributed by atoms with Gasteiger partial charge in [0.15, 0.2) is 0 Å². The first-order valence-corrected chi connectivity index (χ1v) is 12.3. The Labute approximate surface area is 189 Å². The zero-order valence-corrected chi connectivity index (χ0v) is 19.7. The molecule has 5 heteroatoms. The standard InChI is InChI=1S/C26H43NO4/c1-3-5-7-8-9-10-11-12-13-17-21-30-25(28)24(20-6-4-2)27-26(29)31-22-23-18-15-14-16-19-23/h14-16,18-19,24H,3-13,17,20-22H2,1-2H3,(H,27,29). The summed E-state index contributed by atoms with van der Waals surface area (Å²) in [6.45, 7) is 4.89. The largest absolute Gasteiger partial charge is 0.464 e. The first-order chi connectivity index (χ1) is 15.2. The van der Waals surface area contributed by atoms with Gasteiger partial charge in [-0.1, -0.05) is 115 Å². The lowest BCUT2D eigenvalue weighted by Crippen LogP contribution is -2.42. The van der Waals surface area contributed by atoms with Gasteiger partial charge in [0.2, 0.25) is 0 Å². The molecule has 0 saturated carbocycles. The van der Waals surface area contributed by atoms with Crippen molar-refractivity contribution in [1.29, 1.82) is 0 Å². The van der Waals surface area contributed by atoms with Crippen LogP contribution in [-0.4, -0.2) is 24.7 Å². The molecular formula is C26H43NO4. The fourth-order valence-corrected chi connectivity index (χ4v) is 3.43. The maximum Gasteiger partial charge on any atom is 0.408 e. The van der Waals surface area contributed by atoms with Gasteiger partial charge >= 0.3 is 12.1 Å². The molecule has 0 heterocycles. The van der Waals surface area contributed by atoms with Crippen molar-refractivity contribution in [2.45, 2.75) is 110 Å². The van der Waals surface area contributed by atoms with Crippen molar-refractivity contribution >= 4 is 12.1 Å². The number of nitrogens with one attached hydrogen (secondary N) is 1. The quantitative estimate of drug-likeness (QED) is 0.201. The van der Waals surface area contributed by atoms with Gasteiger partial charge in [0.05, 0.1) is 6.61 Å². The molecule has 31 heavy (non-hydrogen) atoms. The van der Waals surface area contributed by atoms with Crippen LogP contribution in [0.5, 0.6) is 0 Å². The van der Waals surface area contributed by atoms with Gasteiger partial charge in [0.25, 0.3) is 0 Å². The molecule has 1 rings (SSSR count). The Bertz CT molecular complexity index is 576. The molecule has 0 radical (unpaired) electrons. The number of esters is 1. The number of alkyl carbamates (subject to hydrolysis) is 1. The number of hydrogen-bond donors (Lipinski definition) is 1. The second-order valence-electron chi connectivity index (χ2n) is 8.25. The van der Waals surface area contributed by atoms with E-state index in [9.17, 15) is 9.59 Å². The van der Waals surface area contributed by atoms with Crippen LogP contribution in [0.4, 0.5) is 4.79 Å². The number of amides is 1. The monoisotopic (exact) mass is 433 g/mol. The normalized spacial score (nSPS) is 11.7. The number of carbonyl (C=O) groups excluding carboxylic acids is 2. The fraction of sp³-hybridized carbons (Fsp3) is 0.692. The predicted octanol–water partition coefficient (Wildman–Crippen LogP) is 6.94. The van der Waals surface area contributed by atoms with Crippen molar-refractivity contribution in [2.75, 3.05) is 6.61 Å². The molecule has 0 spiro atoms. The minimum Gasteiger partial charge on any atom is -0.464 e. The molecular weight excluding hydrogens is 390 g/mol. The van der Waals surface area contributed by atoms with Crippen molar-refractivity contribution in [3.8, 4) is 0 Å². The van der Waals surface area contributed by atoms with E-state index in [-0.39, 0.29) is 12.6 Å². The van der Waals surface area contributed by atoms with E-state index in [2.05, 4.69) is 19.2 Å². The Hall–Kier alpha value is -2.04. The highest BCUT2D eigenvalue weighted by molar-refractivity contribution is 5.81. The summed E-state index contributed by atoms with van der Waals surface area (Å²) >= 11 is 0. The van der Waals surface area contributed by atoms with Crippen LogP contribution in [0.3, 0.4) is 0 Å². The highest BCUT2D eigenvalue weighted by Gasteiger charge is 2.22. The molecule has 0 aromatic heterocycles. The summed E-state index contributed by atoms with van der Waals surface area (Å²) in [6, 6.07) is 8.84. The Kier molecular flexibility index (Phi) is 16.3. The number of carbonyl (C=O) groups is 2. The summed E-state index contributed by atoms with van der Waals surface area (Å²) in [4.78, 5) is 24.5. The SMILES string of the molecule is CCCCCCCCCCCCOC(=O)C(CCCC)NC(=O)OCc1ccccc1. The number of rotatable bonds is 18. The number of unbranched alkanes of at least 4 members (excludes halogenated alkanes) is 10. The van der Waals surface area contributed by atoms with Gasteiger partial charge in [0, 0.05) is 0 Å². The minimum absolute atomic E-state index is 0.181. The van der Waals surface area contributed by atoms with Crippen LogP contribution in [-0.2, 0) is 20.9 Å². The molecule has 0 aliphatic heterocycles. The second kappa shape index (κ2) is 18.7. The minimum atomic E-state index is -0.647. The average molecular weight is 434 g/mol. The van der Waals surface area contributed by atoms with Crippen molar-refractivity contribution in [3.63, 3.8) is 0 Å². The topological polar surface area (TPSA) is 64.6 Å². The number of hydrogen-bond acceptors (Lipinski definition) is 4. The molecule has 0 saturated heterocycles. The van der Waals surface area contributed by atoms with Crippen LogP contribution in [0.2, 0.25) is 0 Å². The van der Waals surface area contributed by atoms with Gasteiger partial charge in [-0.3, -0.25) is 0 Å². The molecule has 5 nitrogen and oxygen atoms in total. The van der Waals surface area contributed by atoms with Crippen LogP contribution >= 0.6 is 0 Å². The van der Waals surface area contributed by atoms with Gasteiger partial charge < -0.3 is 14.8 Å². The van der Waals surface area contributed by atoms with Crippen molar-refractivity contribution in [3.05, 3.63) is 35.9 Å². The highest BCUT2D eigenvalue weighted by atomic mass is 16.6. The predicted molar refractivity (Wildman–Crippen MR) is 126 cm³/mol. The lowest BCUT2D eigenvalue weighted by Gasteiger charge is -2.17. The van der Waals surface area contributed by atoms with Crippen LogP contribution in [0, 0.1) is 0 Å². The van der Waals surface area contributed by atoms with Crippen LogP contribution in [0.1, 0.15) is 103 Å². The van der Waals surface area contributed by atoms with Gasteiger partial charge in [-0.2, -0.15) is 0 Å². The summed E-state index contributed by atoms with van der Waals surface area (Å²) in [5.74, 6) is -0.360. The Morgan fingerprint density at radius 3 is 1.97 bits per heavy atom. The van der Waals surface area contributed by atoms with Gasteiger partial charge in [-0.05, 0) is 18.4 Å². The summed E-state index contributed by atoms with van der Waals surface area (Å²) in [5, 5.41) is 2.68. The van der Waals surface area contributed by atoms with Gasteiger partial charge in [-0.25, -0.2) is 9.59 Å². The third-order valence-electron chi connectivity index (χ3n) is 5.38. The van der Waals surface area contributed by atoms with E-state index < -0.39 is 12.1 Å². The first-order valence-electron chi connectivity index (χ1n) is 12.3. The molecule has 1 unspecified atom stereocenters. The Morgan fingerprint density at radius 2 is 1.35 bits per heavy atom. The number of benzene rings is 1. The summed E-state index contributed by atoms with van der Waals surface area (Å²) < 4.78 is 10.7. The first kappa shape index (κ1) is 27.0.